The predicted octanol–water partition coefficient (Wildman–Crippen LogP) is 4.36. The van der Waals surface area contributed by atoms with Gasteiger partial charge in [-0.25, -0.2) is 0 Å². The number of hydrogen-bond acceptors (Lipinski definition) is 3. The summed E-state index contributed by atoms with van der Waals surface area (Å²) in [5.41, 5.74) is 1.47. The number of ether oxygens (including phenoxy) is 1. The summed E-state index contributed by atoms with van der Waals surface area (Å²) in [4.78, 5) is 26.8. The van der Waals surface area contributed by atoms with Crippen LogP contribution in [0.15, 0.2) is 42.5 Å². The number of likely N-dealkylation sites (tertiary alicyclic amines) is 1. The Morgan fingerprint density at radius 1 is 1.07 bits per heavy atom. The minimum atomic E-state index is -0.0559. The lowest BCUT2D eigenvalue weighted by molar-refractivity contribution is -0.121. The van der Waals surface area contributed by atoms with E-state index < -0.39 is 0 Å². The lowest BCUT2D eigenvalue weighted by Gasteiger charge is -2.32. The molecule has 0 radical (unpaired) electrons. The van der Waals surface area contributed by atoms with Crippen LogP contribution in [0.2, 0.25) is 10.0 Å². The highest BCUT2D eigenvalue weighted by Crippen LogP contribution is 2.23. The Kier molecular flexibility index (Phi) is 7.40. The molecule has 1 fully saturated rings. The van der Waals surface area contributed by atoms with E-state index in [9.17, 15) is 9.59 Å². The third kappa shape index (κ3) is 5.87. The van der Waals surface area contributed by atoms with Crippen molar-refractivity contribution in [2.45, 2.75) is 32.2 Å². The fourth-order valence-electron chi connectivity index (χ4n) is 3.38. The monoisotopic (exact) mass is 434 g/mol. The van der Waals surface area contributed by atoms with Gasteiger partial charge in [-0.3, -0.25) is 9.59 Å². The van der Waals surface area contributed by atoms with Gasteiger partial charge in [0.25, 0.3) is 5.91 Å². The highest BCUT2D eigenvalue weighted by atomic mass is 35.5. The summed E-state index contributed by atoms with van der Waals surface area (Å²) < 4.78 is 5.41. The second kappa shape index (κ2) is 9.99. The van der Waals surface area contributed by atoms with E-state index in [0.29, 0.717) is 35.3 Å². The number of halogens is 2. The molecule has 0 bridgehead atoms. The van der Waals surface area contributed by atoms with Crippen LogP contribution in [-0.2, 0) is 11.2 Å². The van der Waals surface area contributed by atoms with E-state index in [2.05, 4.69) is 5.32 Å². The minimum Gasteiger partial charge on any atom is -0.494 e. The van der Waals surface area contributed by atoms with Crippen molar-refractivity contribution in [3.63, 3.8) is 0 Å². The smallest absolute Gasteiger partial charge is 0.253 e. The van der Waals surface area contributed by atoms with E-state index in [-0.39, 0.29) is 24.3 Å². The van der Waals surface area contributed by atoms with Crippen LogP contribution in [0.4, 0.5) is 0 Å². The molecule has 0 atom stereocenters. The average Bonchev–Trinajstić information content (AvgIpc) is 2.71. The summed E-state index contributed by atoms with van der Waals surface area (Å²) in [6.07, 6.45) is 1.72. The van der Waals surface area contributed by atoms with Gasteiger partial charge in [-0.15, -0.1) is 0 Å². The Hall–Kier alpha value is -2.24. The first-order valence-corrected chi connectivity index (χ1v) is 10.5. The molecule has 1 aliphatic heterocycles. The molecule has 2 amide bonds. The Labute approximate surface area is 180 Å². The van der Waals surface area contributed by atoms with Crippen LogP contribution < -0.4 is 10.1 Å². The van der Waals surface area contributed by atoms with Gasteiger partial charge in [0.05, 0.1) is 23.1 Å². The Morgan fingerprint density at radius 3 is 2.38 bits per heavy atom. The zero-order valence-electron chi connectivity index (χ0n) is 16.3. The maximum atomic E-state index is 12.7. The predicted molar refractivity (Wildman–Crippen MR) is 115 cm³/mol. The van der Waals surface area contributed by atoms with E-state index in [1.165, 1.54) is 0 Å². The first kappa shape index (κ1) is 21.5. The van der Waals surface area contributed by atoms with Gasteiger partial charge in [0.2, 0.25) is 5.91 Å². The number of benzene rings is 2. The molecule has 154 valence electrons. The number of rotatable bonds is 6. The van der Waals surface area contributed by atoms with Crippen molar-refractivity contribution in [2.75, 3.05) is 19.7 Å². The molecule has 1 aliphatic rings. The molecule has 29 heavy (non-hydrogen) atoms. The van der Waals surface area contributed by atoms with Crippen molar-refractivity contribution in [1.82, 2.24) is 10.2 Å². The van der Waals surface area contributed by atoms with Crippen LogP contribution in [0.25, 0.3) is 0 Å². The Balaban J connectivity index is 1.47. The largest absolute Gasteiger partial charge is 0.494 e. The van der Waals surface area contributed by atoms with Gasteiger partial charge in [-0.05, 0) is 61.7 Å². The quantitative estimate of drug-likeness (QED) is 0.734. The van der Waals surface area contributed by atoms with Crippen molar-refractivity contribution in [2.24, 2.45) is 0 Å². The van der Waals surface area contributed by atoms with Crippen molar-refractivity contribution < 1.29 is 14.3 Å². The Morgan fingerprint density at radius 2 is 1.76 bits per heavy atom. The van der Waals surface area contributed by atoms with Crippen LogP contribution in [0.3, 0.4) is 0 Å². The zero-order valence-corrected chi connectivity index (χ0v) is 17.8. The minimum absolute atomic E-state index is 0.00799. The number of nitrogens with one attached hydrogen (secondary N) is 1. The van der Waals surface area contributed by atoms with Crippen LogP contribution in [0.5, 0.6) is 5.75 Å². The molecule has 5 nitrogen and oxygen atoms in total. The van der Waals surface area contributed by atoms with Crippen molar-refractivity contribution in [3.05, 3.63) is 63.6 Å². The van der Waals surface area contributed by atoms with E-state index in [0.717, 1.165) is 24.2 Å². The van der Waals surface area contributed by atoms with Gasteiger partial charge in [0.1, 0.15) is 5.75 Å². The molecule has 0 aromatic heterocycles. The van der Waals surface area contributed by atoms with Gasteiger partial charge >= 0.3 is 0 Å². The van der Waals surface area contributed by atoms with Gasteiger partial charge in [-0.1, -0.05) is 29.3 Å². The lowest BCUT2D eigenvalue weighted by atomic mass is 10.0. The zero-order chi connectivity index (χ0) is 20.8. The lowest BCUT2D eigenvalue weighted by Crippen LogP contribution is -2.46. The normalized spacial score (nSPS) is 14.5. The number of carbonyl (C=O) groups is 2. The first-order valence-electron chi connectivity index (χ1n) is 9.71. The van der Waals surface area contributed by atoms with Crippen molar-refractivity contribution in [3.8, 4) is 5.75 Å². The molecule has 3 rings (SSSR count). The second-order valence-electron chi connectivity index (χ2n) is 7.02. The fraction of sp³-hybridized carbons (Fsp3) is 0.364. The van der Waals surface area contributed by atoms with E-state index >= 15 is 0 Å². The fourth-order valence-corrected chi connectivity index (χ4v) is 3.70. The maximum Gasteiger partial charge on any atom is 0.253 e. The van der Waals surface area contributed by atoms with Gasteiger partial charge in [0, 0.05) is 24.7 Å². The third-order valence-electron chi connectivity index (χ3n) is 4.91. The van der Waals surface area contributed by atoms with E-state index in [1.807, 2.05) is 24.0 Å². The van der Waals surface area contributed by atoms with Crippen molar-refractivity contribution >= 4 is 35.0 Å². The SMILES string of the molecule is CCOc1ccc(C(=O)N2CCC(NC(=O)Cc3ccc(Cl)c(Cl)c3)CC2)cc1. The standard InChI is InChI=1S/C22H24Cl2N2O3/c1-2-29-18-6-4-16(5-7-18)22(28)26-11-9-17(10-12-26)25-21(27)14-15-3-8-19(23)20(24)13-15/h3-8,13,17H,2,9-12,14H2,1H3,(H,25,27). The number of hydrogen-bond donors (Lipinski definition) is 1. The third-order valence-corrected chi connectivity index (χ3v) is 5.65. The van der Waals surface area contributed by atoms with Crippen LogP contribution in [-0.4, -0.2) is 42.5 Å². The molecule has 0 spiro atoms. The number of nitrogens with zero attached hydrogens (tertiary/aromatic N) is 1. The molecule has 1 saturated heterocycles. The van der Waals surface area contributed by atoms with Crippen molar-refractivity contribution in [1.29, 1.82) is 0 Å². The number of piperidine rings is 1. The van der Waals surface area contributed by atoms with Crippen LogP contribution >= 0.6 is 23.2 Å². The average molecular weight is 435 g/mol. The molecule has 0 unspecified atom stereocenters. The molecule has 7 heteroatoms. The molecular weight excluding hydrogens is 411 g/mol. The van der Waals surface area contributed by atoms with Gasteiger partial charge in [-0.2, -0.15) is 0 Å². The maximum absolute atomic E-state index is 12.7. The summed E-state index contributed by atoms with van der Waals surface area (Å²) in [6, 6.07) is 12.5. The molecular formula is C22H24Cl2N2O3. The highest BCUT2D eigenvalue weighted by molar-refractivity contribution is 6.42. The summed E-state index contributed by atoms with van der Waals surface area (Å²) in [6.45, 7) is 3.75. The number of amides is 2. The summed E-state index contributed by atoms with van der Waals surface area (Å²) in [7, 11) is 0. The highest BCUT2D eigenvalue weighted by Gasteiger charge is 2.24. The van der Waals surface area contributed by atoms with E-state index in [4.69, 9.17) is 27.9 Å². The second-order valence-corrected chi connectivity index (χ2v) is 7.83. The van der Waals surface area contributed by atoms with E-state index in [1.54, 1.807) is 30.3 Å². The summed E-state index contributed by atoms with van der Waals surface area (Å²) in [5.74, 6) is 0.709. The molecule has 0 aliphatic carbocycles. The van der Waals surface area contributed by atoms with Gasteiger partial charge in [0.15, 0.2) is 0 Å². The van der Waals surface area contributed by atoms with Crippen LogP contribution in [0, 0.1) is 0 Å². The summed E-state index contributed by atoms with van der Waals surface area (Å²) in [5, 5.41) is 3.97. The number of carbonyl (C=O) groups excluding carboxylic acids is 2. The molecule has 1 heterocycles. The van der Waals surface area contributed by atoms with Gasteiger partial charge < -0.3 is 15.0 Å². The topological polar surface area (TPSA) is 58.6 Å². The molecule has 2 aromatic carbocycles. The summed E-state index contributed by atoms with van der Waals surface area (Å²) >= 11 is 11.9. The molecule has 0 saturated carbocycles. The Bertz CT molecular complexity index is 863. The molecule has 1 N–H and O–H groups in total. The first-order chi connectivity index (χ1) is 14.0. The molecule has 2 aromatic rings. The van der Waals surface area contributed by atoms with Crippen LogP contribution in [0.1, 0.15) is 35.7 Å².